The fraction of sp³-hybridized carbons (Fsp3) is 0.481. The molecule has 35 heavy (non-hydrogen) atoms. The van der Waals surface area contributed by atoms with Crippen molar-refractivity contribution in [2.24, 2.45) is 5.92 Å². The molecule has 8 nitrogen and oxygen atoms in total. The van der Waals surface area contributed by atoms with Gasteiger partial charge in [-0.3, -0.25) is 4.79 Å². The topological polar surface area (TPSA) is 103 Å². The smallest absolute Gasteiger partial charge is 0.341 e. The zero-order valence-electron chi connectivity index (χ0n) is 20.7. The van der Waals surface area contributed by atoms with Crippen LogP contribution in [0, 0.1) is 5.92 Å². The van der Waals surface area contributed by atoms with Gasteiger partial charge >= 0.3 is 5.97 Å². The number of amides is 1. The number of carboxylic acids is 1. The summed E-state index contributed by atoms with van der Waals surface area (Å²) in [5, 5.41) is 11.6. The zero-order valence-corrected chi connectivity index (χ0v) is 20.7. The van der Waals surface area contributed by atoms with E-state index in [1.165, 1.54) is 12.8 Å². The largest absolute Gasteiger partial charge is 0.495 e. The number of rotatable bonds is 15. The summed E-state index contributed by atoms with van der Waals surface area (Å²) >= 11 is 0. The Hall–Kier alpha value is -3.42. The molecule has 0 atom stereocenters. The fourth-order valence-electron chi connectivity index (χ4n) is 3.97. The van der Waals surface area contributed by atoms with E-state index in [1.807, 2.05) is 12.1 Å². The van der Waals surface area contributed by atoms with Crippen molar-refractivity contribution in [3.05, 3.63) is 47.0 Å². The Morgan fingerprint density at radius 2 is 1.66 bits per heavy atom. The van der Waals surface area contributed by atoms with Crippen LogP contribution in [0.4, 0.5) is 0 Å². The van der Waals surface area contributed by atoms with Crippen molar-refractivity contribution >= 4 is 11.9 Å². The SMILES string of the molecule is CCCc1c(OCCCOc2ccc(C(=O)NC)c(OC)c2CC2CC2)cccc1OCC(=O)O. The third-order valence-electron chi connectivity index (χ3n) is 5.83. The summed E-state index contributed by atoms with van der Waals surface area (Å²) in [5.41, 5.74) is 2.32. The molecular formula is C27H35NO7. The highest BCUT2D eigenvalue weighted by Crippen LogP contribution is 2.40. The normalized spacial score (nSPS) is 12.7. The maximum atomic E-state index is 12.3. The second-order valence-corrected chi connectivity index (χ2v) is 8.57. The predicted octanol–water partition coefficient (Wildman–Crippen LogP) is 4.27. The number of hydrogen-bond donors (Lipinski definition) is 2. The van der Waals surface area contributed by atoms with Crippen molar-refractivity contribution in [2.45, 2.75) is 45.4 Å². The molecule has 3 rings (SSSR count). The Morgan fingerprint density at radius 1 is 1.00 bits per heavy atom. The van der Waals surface area contributed by atoms with Crippen LogP contribution in [0.3, 0.4) is 0 Å². The number of carbonyl (C=O) groups is 2. The number of hydrogen-bond acceptors (Lipinski definition) is 6. The zero-order chi connectivity index (χ0) is 25.2. The molecule has 2 N–H and O–H groups in total. The van der Waals surface area contributed by atoms with Gasteiger partial charge in [-0.15, -0.1) is 0 Å². The third-order valence-corrected chi connectivity index (χ3v) is 5.83. The molecule has 0 aliphatic heterocycles. The molecule has 190 valence electrons. The summed E-state index contributed by atoms with van der Waals surface area (Å²) < 4.78 is 23.2. The van der Waals surface area contributed by atoms with Gasteiger partial charge in [0.1, 0.15) is 23.0 Å². The van der Waals surface area contributed by atoms with Crippen molar-refractivity contribution in [3.8, 4) is 23.0 Å². The summed E-state index contributed by atoms with van der Waals surface area (Å²) in [7, 11) is 3.19. The van der Waals surface area contributed by atoms with Crippen molar-refractivity contribution in [1.82, 2.24) is 5.32 Å². The molecule has 0 unspecified atom stereocenters. The van der Waals surface area contributed by atoms with Gasteiger partial charge in [0.2, 0.25) is 0 Å². The predicted molar refractivity (Wildman–Crippen MR) is 132 cm³/mol. The molecular weight excluding hydrogens is 450 g/mol. The van der Waals surface area contributed by atoms with Gasteiger partial charge in [0, 0.05) is 24.6 Å². The van der Waals surface area contributed by atoms with Crippen LogP contribution in [0.1, 0.15) is 54.1 Å². The first-order valence-corrected chi connectivity index (χ1v) is 12.1. The van der Waals surface area contributed by atoms with Gasteiger partial charge in [-0.2, -0.15) is 0 Å². The first-order valence-electron chi connectivity index (χ1n) is 12.1. The van der Waals surface area contributed by atoms with Crippen molar-refractivity contribution in [3.63, 3.8) is 0 Å². The quantitative estimate of drug-likeness (QED) is 0.363. The molecule has 0 bridgehead atoms. The molecule has 1 aliphatic rings. The minimum atomic E-state index is -1.02. The first kappa shape index (κ1) is 26.2. The number of aliphatic carboxylic acids is 1. The van der Waals surface area contributed by atoms with Crippen LogP contribution in [0.2, 0.25) is 0 Å². The maximum Gasteiger partial charge on any atom is 0.341 e. The van der Waals surface area contributed by atoms with Crippen molar-refractivity contribution in [2.75, 3.05) is 34.0 Å². The summed E-state index contributed by atoms with van der Waals surface area (Å²) in [4.78, 5) is 23.2. The van der Waals surface area contributed by atoms with Gasteiger partial charge in [0.25, 0.3) is 5.91 Å². The molecule has 0 radical (unpaired) electrons. The van der Waals surface area contributed by atoms with Gasteiger partial charge in [0.05, 0.1) is 25.9 Å². The lowest BCUT2D eigenvalue weighted by Gasteiger charge is -2.18. The molecule has 0 heterocycles. The van der Waals surface area contributed by atoms with Crippen LogP contribution in [-0.4, -0.2) is 51.0 Å². The van der Waals surface area contributed by atoms with E-state index in [2.05, 4.69) is 12.2 Å². The van der Waals surface area contributed by atoms with Crippen LogP contribution >= 0.6 is 0 Å². The van der Waals surface area contributed by atoms with E-state index in [1.54, 1.807) is 32.4 Å². The minimum Gasteiger partial charge on any atom is -0.495 e. The highest BCUT2D eigenvalue weighted by Gasteiger charge is 2.27. The van der Waals surface area contributed by atoms with Crippen LogP contribution in [0.5, 0.6) is 23.0 Å². The fourth-order valence-corrected chi connectivity index (χ4v) is 3.97. The average molecular weight is 486 g/mol. The van der Waals surface area contributed by atoms with E-state index < -0.39 is 5.97 Å². The Balaban J connectivity index is 1.62. The highest BCUT2D eigenvalue weighted by molar-refractivity contribution is 5.97. The molecule has 0 saturated heterocycles. The van der Waals surface area contributed by atoms with Crippen LogP contribution < -0.4 is 24.3 Å². The first-order chi connectivity index (χ1) is 17.0. The molecule has 1 saturated carbocycles. The van der Waals surface area contributed by atoms with Crippen molar-refractivity contribution < 1.29 is 33.6 Å². The van der Waals surface area contributed by atoms with Gasteiger partial charge in [-0.1, -0.05) is 19.4 Å². The number of carbonyl (C=O) groups excluding carboxylic acids is 1. The molecule has 2 aromatic rings. The van der Waals surface area contributed by atoms with E-state index in [0.29, 0.717) is 48.4 Å². The van der Waals surface area contributed by atoms with E-state index in [-0.39, 0.29) is 12.5 Å². The average Bonchev–Trinajstić information content (AvgIpc) is 3.67. The van der Waals surface area contributed by atoms with Crippen LogP contribution in [0.15, 0.2) is 30.3 Å². The number of ether oxygens (including phenoxy) is 4. The van der Waals surface area contributed by atoms with Crippen molar-refractivity contribution in [1.29, 1.82) is 0 Å². The lowest BCUT2D eigenvalue weighted by atomic mass is 10.0. The van der Waals surface area contributed by atoms with Crippen LogP contribution in [-0.2, 0) is 17.6 Å². The lowest BCUT2D eigenvalue weighted by molar-refractivity contribution is -0.139. The molecule has 0 spiro atoms. The minimum absolute atomic E-state index is 0.184. The van der Waals surface area contributed by atoms with E-state index in [4.69, 9.17) is 24.1 Å². The number of methoxy groups -OCH3 is 1. The number of benzene rings is 2. The number of nitrogens with one attached hydrogen (secondary N) is 1. The molecule has 1 fully saturated rings. The summed E-state index contributed by atoms with van der Waals surface area (Å²) in [6.07, 6.45) is 5.43. The van der Waals surface area contributed by atoms with E-state index in [0.717, 1.165) is 36.1 Å². The Kier molecular flexibility index (Phi) is 9.64. The lowest BCUT2D eigenvalue weighted by Crippen LogP contribution is -2.19. The molecule has 0 aromatic heterocycles. The molecule has 8 heteroatoms. The number of carboxylic acid groups (broad SMARTS) is 1. The van der Waals surface area contributed by atoms with Crippen LogP contribution in [0.25, 0.3) is 0 Å². The van der Waals surface area contributed by atoms with Gasteiger partial charge in [-0.05, 0) is 55.9 Å². The van der Waals surface area contributed by atoms with E-state index in [9.17, 15) is 9.59 Å². The van der Waals surface area contributed by atoms with Gasteiger partial charge in [0.15, 0.2) is 6.61 Å². The van der Waals surface area contributed by atoms with Gasteiger partial charge in [-0.25, -0.2) is 4.79 Å². The molecule has 2 aromatic carbocycles. The second-order valence-electron chi connectivity index (χ2n) is 8.57. The molecule has 1 amide bonds. The Labute approximate surface area is 206 Å². The Morgan fingerprint density at radius 3 is 2.23 bits per heavy atom. The van der Waals surface area contributed by atoms with E-state index >= 15 is 0 Å². The highest BCUT2D eigenvalue weighted by atomic mass is 16.5. The Bertz CT molecular complexity index is 1020. The summed E-state index contributed by atoms with van der Waals surface area (Å²) in [6, 6.07) is 9.01. The summed E-state index contributed by atoms with van der Waals surface area (Å²) in [5.74, 6) is 1.94. The van der Waals surface area contributed by atoms with Gasteiger partial charge < -0.3 is 29.4 Å². The monoisotopic (exact) mass is 485 g/mol. The standard InChI is InChI=1S/C27H35NO7/c1-4-7-19-22(8-5-9-23(19)35-17-25(29)30)33-14-6-15-34-24-13-12-20(27(31)28-2)26(32-3)21(24)16-18-10-11-18/h5,8-9,12-13,18H,4,6-7,10-11,14-17H2,1-3H3,(H,28,31)(H,29,30). The second kappa shape index (κ2) is 12.9. The third kappa shape index (κ3) is 7.28. The summed E-state index contributed by atoms with van der Waals surface area (Å²) in [6.45, 7) is 2.54. The maximum absolute atomic E-state index is 12.3. The molecule has 1 aliphatic carbocycles.